The number of ether oxygens (including phenoxy) is 3. The van der Waals surface area contributed by atoms with Crippen molar-refractivity contribution >= 4 is 11.9 Å². The number of esters is 2. The SMILES string of the molecule is CC/C=C\C/C=C\C/C=C\CCCCCCOCC(COC(=O)CCCCCCCCCCCCCCCCC)OC(=O)CCCCCCCCCCC. The van der Waals surface area contributed by atoms with Crippen LogP contribution >= 0.6 is 0 Å². The van der Waals surface area contributed by atoms with E-state index in [1.54, 1.807) is 0 Å². The molecule has 1 atom stereocenters. The van der Waals surface area contributed by atoms with Crippen LogP contribution < -0.4 is 0 Å². The lowest BCUT2D eigenvalue weighted by atomic mass is 10.0. The molecule has 0 aliphatic carbocycles. The number of allylic oxidation sites excluding steroid dienone is 6. The minimum atomic E-state index is -0.539. The average Bonchev–Trinajstić information content (AvgIpc) is 3.17. The van der Waals surface area contributed by atoms with Crippen molar-refractivity contribution in [2.75, 3.05) is 19.8 Å². The monoisotopic (exact) mass is 759 g/mol. The second kappa shape index (κ2) is 45.5. The minimum Gasteiger partial charge on any atom is -0.462 e. The van der Waals surface area contributed by atoms with Gasteiger partial charge in [-0.25, -0.2) is 0 Å². The van der Waals surface area contributed by atoms with Crippen LogP contribution in [0.25, 0.3) is 0 Å². The summed E-state index contributed by atoms with van der Waals surface area (Å²) in [4.78, 5) is 25.2. The van der Waals surface area contributed by atoms with Gasteiger partial charge in [0.15, 0.2) is 6.10 Å². The summed E-state index contributed by atoms with van der Waals surface area (Å²) >= 11 is 0. The van der Waals surface area contributed by atoms with Crippen molar-refractivity contribution in [3.8, 4) is 0 Å². The van der Waals surface area contributed by atoms with E-state index in [2.05, 4.69) is 57.2 Å². The van der Waals surface area contributed by atoms with Crippen LogP contribution in [0.5, 0.6) is 0 Å². The van der Waals surface area contributed by atoms with Crippen LogP contribution in [-0.2, 0) is 23.8 Å². The Hall–Kier alpha value is -1.88. The minimum absolute atomic E-state index is 0.0814. The van der Waals surface area contributed by atoms with Crippen molar-refractivity contribution in [3.63, 3.8) is 0 Å². The normalized spacial score (nSPS) is 12.4. The van der Waals surface area contributed by atoms with E-state index in [1.807, 2.05) is 0 Å². The Labute approximate surface area is 336 Å². The summed E-state index contributed by atoms with van der Waals surface area (Å²) in [6.07, 6.45) is 52.9. The third kappa shape index (κ3) is 42.9. The zero-order valence-electron chi connectivity index (χ0n) is 36.2. The molecule has 0 aromatic rings. The number of hydrogen-bond acceptors (Lipinski definition) is 5. The number of rotatable bonds is 43. The Balaban J connectivity index is 4.21. The molecule has 54 heavy (non-hydrogen) atoms. The lowest BCUT2D eigenvalue weighted by Gasteiger charge is -2.18. The van der Waals surface area contributed by atoms with Crippen LogP contribution in [0.15, 0.2) is 36.5 Å². The lowest BCUT2D eigenvalue weighted by molar-refractivity contribution is -0.163. The molecule has 5 nitrogen and oxygen atoms in total. The topological polar surface area (TPSA) is 61.8 Å². The van der Waals surface area contributed by atoms with Gasteiger partial charge in [-0.3, -0.25) is 9.59 Å². The highest BCUT2D eigenvalue weighted by atomic mass is 16.6. The zero-order chi connectivity index (χ0) is 39.3. The highest BCUT2D eigenvalue weighted by molar-refractivity contribution is 5.70. The zero-order valence-corrected chi connectivity index (χ0v) is 36.2. The highest BCUT2D eigenvalue weighted by Gasteiger charge is 2.17. The third-order valence-electron chi connectivity index (χ3n) is 10.2. The summed E-state index contributed by atoms with van der Waals surface area (Å²) in [5, 5.41) is 0. The summed E-state index contributed by atoms with van der Waals surface area (Å²) in [5.41, 5.74) is 0. The maximum atomic E-state index is 12.7. The van der Waals surface area contributed by atoms with Crippen LogP contribution in [0.3, 0.4) is 0 Å². The Morgan fingerprint density at radius 3 is 1.33 bits per heavy atom. The maximum Gasteiger partial charge on any atom is 0.306 e. The molecule has 0 spiro atoms. The van der Waals surface area contributed by atoms with Crippen LogP contribution in [0.4, 0.5) is 0 Å². The van der Waals surface area contributed by atoms with Crippen LogP contribution in [0, 0.1) is 0 Å². The summed E-state index contributed by atoms with van der Waals surface area (Å²) < 4.78 is 17.3. The summed E-state index contributed by atoms with van der Waals surface area (Å²) in [7, 11) is 0. The standard InChI is InChI=1S/C49H90O5/c1-4-7-10-13-16-19-21-23-25-26-28-31-33-36-39-42-48(50)53-46-47(54-49(51)43-40-37-34-30-18-15-12-9-6-3)45-52-44-41-38-35-32-29-27-24-22-20-17-14-11-8-5-2/h8,11,17,20,24,27,47H,4-7,9-10,12-16,18-19,21-23,25-26,28-46H2,1-3H3/b11-8-,20-17-,27-24-. The van der Waals surface area contributed by atoms with E-state index in [1.165, 1.54) is 141 Å². The molecule has 0 fully saturated rings. The molecule has 0 rings (SSSR count). The van der Waals surface area contributed by atoms with E-state index >= 15 is 0 Å². The summed E-state index contributed by atoms with van der Waals surface area (Å²) in [5.74, 6) is -0.402. The highest BCUT2D eigenvalue weighted by Crippen LogP contribution is 2.15. The molecule has 1 unspecified atom stereocenters. The second-order valence-corrected chi connectivity index (χ2v) is 15.6. The van der Waals surface area contributed by atoms with Gasteiger partial charge in [0, 0.05) is 19.4 Å². The van der Waals surface area contributed by atoms with Crippen molar-refractivity contribution < 1.29 is 23.8 Å². The third-order valence-corrected chi connectivity index (χ3v) is 10.2. The van der Waals surface area contributed by atoms with Gasteiger partial charge in [-0.1, -0.05) is 211 Å². The molecule has 0 heterocycles. The Kier molecular flexibility index (Phi) is 43.9. The van der Waals surface area contributed by atoms with Gasteiger partial charge < -0.3 is 14.2 Å². The van der Waals surface area contributed by atoms with Gasteiger partial charge in [-0.05, 0) is 51.4 Å². The summed E-state index contributed by atoms with van der Waals surface area (Å²) in [6, 6.07) is 0. The predicted octanol–water partition coefficient (Wildman–Crippen LogP) is 15.4. The quantitative estimate of drug-likeness (QED) is 0.0352. The first-order chi connectivity index (χ1) is 26.6. The molecular formula is C49H90O5. The molecule has 0 aliphatic rings. The molecule has 0 radical (unpaired) electrons. The molecule has 316 valence electrons. The van der Waals surface area contributed by atoms with Crippen LogP contribution in [-0.4, -0.2) is 37.9 Å². The van der Waals surface area contributed by atoms with Gasteiger partial charge in [-0.2, -0.15) is 0 Å². The molecule has 0 aliphatic heterocycles. The average molecular weight is 759 g/mol. The fourth-order valence-corrected chi connectivity index (χ4v) is 6.70. The maximum absolute atomic E-state index is 12.7. The van der Waals surface area contributed by atoms with Crippen LogP contribution in [0.1, 0.15) is 239 Å². The lowest BCUT2D eigenvalue weighted by Crippen LogP contribution is -2.30. The first kappa shape index (κ1) is 52.1. The van der Waals surface area contributed by atoms with Crippen molar-refractivity contribution in [2.45, 2.75) is 245 Å². The van der Waals surface area contributed by atoms with Gasteiger partial charge in [0.05, 0.1) is 6.61 Å². The number of carbonyl (C=O) groups is 2. The summed E-state index contributed by atoms with van der Waals surface area (Å²) in [6.45, 7) is 7.68. The van der Waals surface area contributed by atoms with E-state index in [9.17, 15) is 9.59 Å². The molecular weight excluding hydrogens is 669 g/mol. The van der Waals surface area contributed by atoms with E-state index in [4.69, 9.17) is 14.2 Å². The first-order valence-corrected chi connectivity index (χ1v) is 23.5. The van der Waals surface area contributed by atoms with E-state index in [0.717, 1.165) is 64.2 Å². The molecule has 5 heteroatoms. The second-order valence-electron chi connectivity index (χ2n) is 15.6. The molecule has 0 bridgehead atoms. The number of unbranched alkanes of at least 4 members (excludes halogenated alkanes) is 26. The predicted molar refractivity (Wildman–Crippen MR) is 233 cm³/mol. The molecule has 0 saturated carbocycles. The fraction of sp³-hybridized carbons (Fsp3) is 0.837. The molecule has 0 aromatic heterocycles. The molecule has 0 N–H and O–H groups in total. The van der Waals surface area contributed by atoms with Crippen molar-refractivity contribution in [2.24, 2.45) is 0 Å². The first-order valence-electron chi connectivity index (χ1n) is 23.5. The molecule has 0 amide bonds. The molecule has 0 saturated heterocycles. The van der Waals surface area contributed by atoms with Gasteiger partial charge in [0.1, 0.15) is 6.61 Å². The smallest absolute Gasteiger partial charge is 0.306 e. The fourth-order valence-electron chi connectivity index (χ4n) is 6.70. The Bertz CT molecular complexity index is 862. The Morgan fingerprint density at radius 2 is 0.833 bits per heavy atom. The number of hydrogen-bond donors (Lipinski definition) is 0. The molecule has 0 aromatic carbocycles. The van der Waals surface area contributed by atoms with Gasteiger partial charge >= 0.3 is 11.9 Å². The van der Waals surface area contributed by atoms with Gasteiger partial charge in [0.25, 0.3) is 0 Å². The number of carbonyl (C=O) groups excluding carboxylic acids is 2. The van der Waals surface area contributed by atoms with Gasteiger partial charge in [0.2, 0.25) is 0 Å². The van der Waals surface area contributed by atoms with Crippen molar-refractivity contribution in [1.29, 1.82) is 0 Å². The van der Waals surface area contributed by atoms with E-state index in [-0.39, 0.29) is 25.2 Å². The largest absolute Gasteiger partial charge is 0.462 e. The van der Waals surface area contributed by atoms with Crippen LogP contribution in [0.2, 0.25) is 0 Å². The Morgan fingerprint density at radius 1 is 0.426 bits per heavy atom. The van der Waals surface area contributed by atoms with Crippen molar-refractivity contribution in [3.05, 3.63) is 36.5 Å². The van der Waals surface area contributed by atoms with E-state index < -0.39 is 6.10 Å². The van der Waals surface area contributed by atoms with Crippen molar-refractivity contribution in [1.82, 2.24) is 0 Å². The van der Waals surface area contributed by atoms with E-state index in [0.29, 0.717) is 19.4 Å². The van der Waals surface area contributed by atoms with Gasteiger partial charge in [-0.15, -0.1) is 0 Å².